The van der Waals surface area contributed by atoms with Gasteiger partial charge in [0.15, 0.2) is 0 Å². The van der Waals surface area contributed by atoms with E-state index in [0.717, 1.165) is 19.6 Å². The molecule has 0 bridgehead atoms. The Balaban J connectivity index is 1.79. The standard InChI is InChI=1S/C16H27N3O/c1-3-17-15(14-6-10-18-19(14)2)13-7-11-20-16(12-13)8-4-5-9-16/h6,10,13,15,17H,3-5,7-9,11-12H2,1-2H3. The Labute approximate surface area is 121 Å². The molecule has 1 aromatic rings. The quantitative estimate of drug-likeness (QED) is 0.920. The molecular weight excluding hydrogens is 250 g/mol. The molecule has 2 atom stereocenters. The zero-order chi connectivity index (χ0) is 14.0. The molecule has 2 unspecified atom stereocenters. The molecule has 0 radical (unpaired) electrons. The predicted molar refractivity (Wildman–Crippen MR) is 79.5 cm³/mol. The maximum absolute atomic E-state index is 6.18. The smallest absolute Gasteiger partial charge is 0.0686 e. The minimum absolute atomic E-state index is 0.190. The van der Waals surface area contributed by atoms with Crippen LogP contribution >= 0.6 is 0 Å². The van der Waals surface area contributed by atoms with Crippen LogP contribution in [-0.4, -0.2) is 28.5 Å². The number of aromatic nitrogens is 2. The Kier molecular flexibility index (Phi) is 4.13. The Morgan fingerprint density at radius 3 is 2.95 bits per heavy atom. The fraction of sp³-hybridized carbons (Fsp3) is 0.812. The van der Waals surface area contributed by atoms with Gasteiger partial charge in [-0.1, -0.05) is 19.8 Å². The first kappa shape index (κ1) is 14.1. The van der Waals surface area contributed by atoms with Crippen molar-refractivity contribution in [2.75, 3.05) is 13.2 Å². The lowest BCUT2D eigenvalue weighted by atomic mass is 9.79. The van der Waals surface area contributed by atoms with Gasteiger partial charge in [-0.3, -0.25) is 4.68 Å². The van der Waals surface area contributed by atoms with Gasteiger partial charge in [-0.2, -0.15) is 5.10 Å². The van der Waals surface area contributed by atoms with Gasteiger partial charge in [-0.15, -0.1) is 0 Å². The van der Waals surface area contributed by atoms with Crippen LogP contribution in [0.2, 0.25) is 0 Å². The maximum Gasteiger partial charge on any atom is 0.0686 e. The first-order valence-electron chi connectivity index (χ1n) is 8.09. The number of hydrogen-bond donors (Lipinski definition) is 1. The molecule has 1 aliphatic carbocycles. The Hall–Kier alpha value is -0.870. The average molecular weight is 277 g/mol. The summed E-state index contributed by atoms with van der Waals surface area (Å²) in [4.78, 5) is 0. The largest absolute Gasteiger partial charge is 0.375 e. The number of hydrogen-bond acceptors (Lipinski definition) is 3. The summed E-state index contributed by atoms with van der Waals surface area (Å²) in [7, 11) is 2.05. The number of aryl methyl sites for hydroxylation is 1. The van der Waals surface area contributed by atoms with Crippen molar-refractivity contribution in [3.63, 3.8) is 0 Å². The molecule has 1 saturated carbocycles. The van der Waals surface area contributed by atoms with Crippen LogP contribution in [0.1, 0.15) is 57.2 Å². The molecule has 112 valence electrons. The van der Waals surface area contributed by atoms with Crippen molar-refractivity contribution in [1.29, 1.82) is 0 Å². The highest BCUT2D eigenvalue weighted by atomic mass is 16.5. The van der Waals surface area contributed by atoms with E-state index in [4.69, 9.17) is 4.74 Å². The van der Waals surface area contributed by atoms with Crippen LogP contribution in [0.4, 0.5) is 0 Å². The summed E-state index contributed by atoms with van der Waals surface area (Å²) in [6.45, 7) is 4.11. The second kappa shape index (κ2) is 5.86. The van der Waals surface area contributed by atoms with Crippen LogP contribution in [0.5, 0.6) is 0 Å². The molecule has 4 heteroatoms. The second-order valence-electron chi connectivity index (χ2n) is 6.41. The molecular formula is C16H27N3O. The van der Waals surface area contributed by atoms with Crippen molar-refractivity contribution < 1.29 is 4.74 Å². The SMILES string of the molecule is CCNC(c1ccnn1C)C1CCOC2(CCCC2)C1. The van der Waals surface area contributed by atoms with Crippen LogP contribution in [0, 0.1) is 5.92 Å². The van der Waals surface area contributed by atoms with Gasteiger partial charge in [0.2, 0.25) is 0 Å². The lowest BCUT2D eigenvalue weighted by Gasteiger charge is -2.41. The number of nitrogens with one attached hydrogen (secondary N) is 1. The molecule has 2 aliphatic rings. The third-order valence-corrected chi connectivity index (χ3v) is 5.12. The number of nitrogens with zero attached hydrogens (tertiary/aromatic N) is 2. The molecule has 4 nitrogen and oxygen atoms in total. The van der Waals surface area contributed by atoms with E-state index in [1.807, 2.05) is 17.9 Å². The zero-order valence-corrected chi connectivity index (χ0v) is 12.8. The second-order valence-corrected chi connectivity index (χ2v) is 6.41. The van der Waals surface area contributed by atoms with Crippen LogP contribution in [0.3, 0.4) is 0 Å². The van der Waals surface area contributed by atoms with E-state index >= 15 is 0 Å². The summed E-state index contributed by atoms with van der Waals surface area (Å²) in [5.41, 5.74) is 1.50. The highest BCUT2D eigenvalue weighted by Gasteiger charge is 2.42. The van der Waals surface area contributed by atoms with Gasteiger partial charge in [-0.25, -0.2) is 0 Å². The molecule has 1 spiro atoms. The predicted octanol–water partition coefficient (Wildman–Crippen LogP) is 2.81. The van der Waals surface area contributed by atoms with E-state index in [9.17, 15) is 0 Å². The van der Waals surface area contributed by atoms with E-state index < -0.39 is 0 Å². The van der Waals surface area contributed by atoms with Crippen molar-refractivity contribution >= 4 is 0 Å². The molecule has 1 saturated heterocycles. The maximum atomic E-state index is 6.18. The molecule has 1 N–H and O–H groups in total. The minimum Gasteiger partial charge on any atom is -0.375 e. The van der Waals surface area contributed by atoms with Crippen molar-refractivity contribution in [1.82, 2.24) is 15.1 Å². The summed E-state index contributed by atoms with van der Waals surface area (Å²) in [6, 6.07) is 2.57. The van der Waals surface area contributed by atoms with Gasteiger partial charge in [0.05, 0.1) is 17.3 Å². The Morgan fingerprint density at radius 2 is 2.30 bits per heavy atom. The number of ether oxygens (including phenoxy) is 1. The topological polar surface area (TPSA) is 39.1 Å². The van der Waals surface area contributed by atoms with Crippen LogP contribution in [-0.2, 0) is 11.8 Å². The Bertz CT molecular complexity index is 437. The fourth-order valence-electron chi connectivity index (χ4n) is 4.14. The van der Waals surface area contributed by atoms with Crippen LogP contribution < -0.4 is 5.32 Å². The van der Waals surface area contributed by atoms with Crippen molar-refractivity contribution in [3.8, 4) is 0 Å². The van der Waals surface area contributed by atoms with Crippen molar-refractivity contribution in [2.45, 2.75) is 57.1 Å². The normalized spacial score (nSPS) is 27.0. The highest BCUT2D eigenvalue weighted by Crippen LogP contribution is 2.45. The summed E-state index contributed by atoms with van der Waals surface area (Å²) in [5.74, 6) is 0.664. The van der Waals surface area contributed by atoms with Gasteiger partial charge in [-0.05, 0) is 44.2 Å². The summed E-state index contributed by atoms with van der Waals surface area (Å²) in [6.07, 6.45) is 9.46. The van der Waals surface area contributed by atoms with Gasteiger partial charge in [0, 0.05) is 19.9 Å². The molecule has 1 aromatic heterocycles. The van der Waals surface area contributed by atoms with Crippen molar-refractivity contribution in [2.24, 2.45) is 13.0 Å². The molecule has 3 rings (SSSR count). The highest BCUT2D eigenvalue weighted by molar-refractivity contribution is 5.10. The third-order valence-electron chi connectivity index (χ3n) is 5.12. The van der Waals surface area contributed by atoms with Gasteiger partial charge < -0.3 is 10.1 Å². The molecule has 2 fully saturated rings. The summed E-state index contributed by atoms with van der Waals surface area (Å²) in [5, 5.41) is 8.03. The van der Waals surface area contributed by atoms with Crippen LogP contribution in [0.25, 0.3) is 0 Å². The van der Waals surface area contributed by atoms with E-state index in [1.165, 1.54) is 37.8 Å². The lowest BCUT2D eigenvalue weighted by Crippen LogP contribution is -2.42. The summed E-state index contributed by atoms with van der Waals surface area (Å²) < 4.78 is 8.20. The van der Waals surface area contributed by atoms with E-state index in [-0.39, 0.29) is 5.60 Å². The molecule has 0 amide bonds. The first-order chi connectivity index (χ1) is 9.74. The van der Waals surface area contributed by atoms with Crippen LogP contribution in [0.15, 0.2) is 12.3 Å². The average Bonchev–Trinajstić information content (AvgIpc) is 3.06. The van der Waals surface area contributed by atoms with E-state index in [1.54, 1.807) is 0 Å². The van der Waals surface area contributed by atoms with Gasteiger partial charge in [0.1, 0.15) is 0 Å². The first-order valence-corrected chi connectivity index (χ1v) is 8.09. The fourth-order valence-corrected chi connectivity index (χ4v) is 4.14. The van der Waals surface area contributed by atoms with E-state index in [0.29, 0.717) is 12.0 Å². The van der Waals surface area contributed by atoms with Gasteiger partial charge in [0.25, 0.3) is 0 Å². The third kappa shape index (κ3) is 2.63. The van der Waals surface area contributed by atoms with E-state index in [2.05, 4.69) is 23.4 Å². The summed E-state index contributed by atoms with van der Waals surface area (Å²) >= 11 is 0. The number of rotatable bonds is 4. The lowest BCUT2D eigenvalue weighted by molar-refractivity contribution is -0.0985. The molecule has 2 heterocycles. The Morgan fingerprint density at radius 1 is 1.50 bits per heavy atom. The minimum atomic E-state index is 0.190. The molecule has 1 aliphatic heterocycles. The van der Waals surface area contributed by atoms with Crippen molar-refractivity contribution in [3.05, 3.63) is 18.0 Å². The molecule has 20 heavy (non-hydrogen) atoms. The monoisotopic (exact) mass is 277 g/mol. The van der Waals surface area contributed by atoms with Gasteiger partial charge >= 0.3 is 0 Å². The zero-order valence-electron chi connectivity index (χ0n) is 12.8. The molecule has 0 aromatic carbocycles.